The van der Waals surface area contributed by atoms with Gasteiger partial charge in [0.25, 0.3) is 0 Å². The molecule has 0 spiro atoms. The van der Waals surface area contributed by atoms with Crippen molar-refractivity contribution >= 4 is 17.7 Å². The molecule has 2 rings (SSSR count). The van der Waals surface area contributed by atoms with Crippen LogP contribution < -0.4 is 10.2 Å². The summed E-state index contributed by atoms with van der Waals surface area (Å²) in [4.78, 5) is 28.4. The number of amides is 1. The molecule has 1 saturated heterocycles. The standard InChI is InChI=1S/C12H15N3O3/c1-8-9(12(17)18)2-3-10(14-8)15-6-4-11(16)13-5-7-15/h2-3H,4-7H2,1H3,(H,13,16)(H,17,18). The number of aryl methyl sites for hydroxylation is 1. The molecule has 18 heavy (non-hydrogen) atoms. The lowest BCUT2D eigenvalue weighted by molar-refractivity contribution is -0.120. The van der Waals surface area contributed by atoms with Crippen LogP contribution in [0.5, 0.6) is 0 Å². The number of aromatic carboxylic acids is 1. The minimum Gasteiger partial charge on any atom is -0.478 e. The maximum absolute atomic E-state index is 11.2. The molecule has 2 heterocycles. The van der Waals surface area contributed by atoms with Gasteiger partial charge in [0.15, 0.2) is 0 Å². The highest BCUT2D eigenvalue weighted by molar-refractivity contribution is 5.89. The van der Waals surface area contributed by atoms with Crippen molar-refractivity contribution in [2.24, 2.45) is 0 Å². The van der Waals surface area contributed by atoms with Crippen molar-refractivity contribution in [2.45, 2.75) is 13.3 Å². The molecular weight excluding hydrogens is 234 g/mol. The average molecular weight is 249 g/mol. The Kier molecular flexibility index (Phi) is 3.45. The zero-order valence-electron chi connectivity index (χ0n) is 10.1. The van der Waals surface area contributed by atoms with E-state index in [-0.39, 0.29) is 11.5 Å². The first-order valence-electron chi connectivity index (χ1n) is 5.80. The third-order valence-corrected chi connectivity index (χ3v) is 2.94. The van der Waals surface area contributed by atoms with Crippen LogP contribution in [0, 0.1) is 6.92 Å². The topological polar surface area (TPSA) is 82.5 Å². The smallest absolute Gasteiger partial charge is 0.337 e. The van der Waals surface area contributed by atoms with Gasteiger partial charge in [0.05, 0.1) is 11.3 Å². The lowest BCUT2D eigenvalue weighted by Crippen LogP contribution is -2.29. The van der Waals surface area contributed by atoms with Crippen LogP contribution in [0.25, 0.3) is 0 Å². The number of nitrogens with one attached hydrogen (secondary N) is 1. The van der Waals surface area contributed by atoms with Gasteiger partial charge in [0, 0.05) is 26.1 Å². The van der Waals surface area contributed by atoms with E-state index in [1.54, 1.807) is 19.1 Å². The second-order valence-corrected chi connectivity index (χ2v) is 4.19. The number of nitrogens with zero attached hydrogens (tertiary/aromatic N) is 2. The maximum atomic E-state index is 11.2. The molecule has 6 heteroatoms. The second kappa shape index (κ2) is 5.03. The fraction of sp³-hybridized carbons (Fsp3) is 0.417. The van der Waals surface area contributed by atoms with E-state index < -0.39 is 5.97 Å². The average Bonchev–Trinajstić information content (AvgIpc) is 2.53. The van der Waals surface area contributed by atoms with E-state index in [0.29, 0.717) is 37.6 Å². The first-order chi connectivity index (χ1) is 8.58. The molecule has 1 fully saturated rings. The number of hydrogen-bond donors (Lipinski definition) is 2. The molecule has 1 aliphatic heterocycles. The van der Waals surface area contributed by atoms with E-state index in [2.05, 4.69) is 10.3 Å². The highest BCUT2D eigenvalue weighted by atomic mass is 16.4. The van der Waals surface area contributed by atoms with E-state index in [1.165, 1.54) is 0 Å². The zero-order valence-corrected chi connectivity index (χ0v) is 10.1. The minimum atomic E-state index is -0.973. The van der Waals surface area contributed by atoms with Crippen molar-refractivity contribution in [3.63, 3.8) is 0 Å². The van der Waals surface area contributed by atoms with Crippen LogP contribution in [-0.4, -0.2) is 41.6 Å². The van der Waals surface area contributed by atoms with Crippen molar-refractivity contribution in [1.82, 2.24) is 10.3 Å². The monoisotopic (exact) mass is 249 g/mol. The van der Waals surface area contributed by atoms with Crippen molar-refractivity contribution < 1.29 is 14.7 Å². The van der Waals surface area contributed by atoms with Gasteiger partial charge in [0.1, 0.15) is 5.82 Å². The maximum Gasteiger partial charge on any atom is 0.337 e. The van der Waals surface area contributed by atoms with Gasteiger partial charge in [-0.1, -0.05) is 0 Å². The summed E-state index contributed by atoms with van der Waals surface area (Å²) in [5.41, 5.74) is 0.700. The molecule has 0 aliphatic carbocycles. The van der Waals surface area contributed by atoms with Gasteiger partial charge in [-0.25, -0.2) is 9.78 Å². The number of pyridine rings is 1. The Labute approximate surface area is 105 Å². The number of hydrogen-bond acceptors (Lipinski definition) is 4. The van der Waals surface area contributed by atoms with Crippen molar-refractivity contribution in [3.8, 4) is 0 Å². The normalized spacial score (nSPS) is 16.1. The molecule has 1 amide bonds. The fourth-order valence-electron chi connectivity index (χ4n) is 1.95. The molecule has 0 unspecified atom stereocenters. The Morgan fingerprint density at radius 2 is 2.22 bits per heavy atom. The molecule has 96 valence electrons. The summed E-state index contributed by atoms with van der Waals surface area (Å²) in [6.07, 6.45) is 0.432. The second-order valence-electron chi connectivity index (χ2n) is 4.19. The van der Waals surface area contributed by atoms with Crippen molar-refractivity contribution in [1.29, 1.82) is 0 Å². The number of aromatic nitrogens is 1. The summed E-state index contributed by atoms with van der Waals surface area (Å²) < 4.78 is 0. The van der Waals surface area contributed by atoms with Gasteiger partial charge in [-0.15, -0.1) is 0 Å². The fourth-order valence-corrected chi connectivity index (χ4v) is 1.95. The Bertz CT molecular complexity index is 487. The number of carboxylic acid groups (broad SMARTS) is 1. The van der Waals surface area contributed by atoms with Crippen molar-refractivity contribution in [3.05, 3.63) is 23.4 Å². The SMILES string of the molecule is Cc1nc(N2CCNC(=O)CC2)ccc1C(=O)O. The highest BCUT2D eigenvalue weighted by Crippen LogP contribution is 2.15. The van der Waals surface area contributed by atoms with Crippen LogP contribution in [-0.2, 0) is 4.79 Å². The Balaban J connectivity index is 2.20. The van der Waals surface area contributed by atoms with Crippen LogP contribution >= 0.6 is 0 Å². The van der Waals surface area contributed by atoms with Crippen LogP contribution in [0.15, 0.2) is 12.1 Å². The predicted octanol–water partition coefficient (Wildman–Crippen LogP) is 0.415. The lowest BCUT2D eigenvalue weighted by atomic mass is 10.2. The number of carbonyl (C=O) groups is 2. The minimum absolute atomic E-state index is 0.0383. The largest absolute Gasteiger partial charge is 0.478 e. The summed E-state index contributed by atoms with van der Waals surface area (Å²) in [6.45, 7) is 3.55. The summed E-state index contributed by atoms with van der Waals surface area (Å²) in [6, 6.07) is 3.24. The third kappa shape index (κ3) is 2.58. The molecule has 0 bridgehead atoms. The third-order valence-electron chi connectivity index (χ3n) is 2.94. The van der Waals surface area contributed by atoms with Gasteiger partial charge in [-0.05, 0) is 19.1 Å². The molecule has 0 radical (unpaired) electrons. The van der Waals surface area contributed by atoms with Gasteiger partial charge in [-0.3, -0.25) is 4.79 Å². The number of carboxylic acids is 1. The molecule has 0 saturated carbocycles. The Morgan fingerprint density at radius 3 is 2.89 bits per heavy atom. The van der Waals surface area contributed by atoms with Gasteiger partial charge in [0.2, 0.25) is 5.91 Å². The van der Waals surface area contributed by atoms with Crippen LogP contribution in [0.1, 0.15) is 22.5 Å². The van der Waals surface area contributed by atoms with E-state index in [9.17, 15) is 9.59 Å². The van der Waals surface area contributed by atoms with E-state index in [0.717, 1.165) is 0 Å². The molecule has 6 nitrogen and oxygen atoms in total. The molecular formula is C12H15N3O3. The molecule has 1 aromatic heterocycles. The number of rotatable bonds is 2. The van der Waals surface area contributed by atoms with Crippen LogP contribution in [0.4, 0.5) is 5.82 Å². The Morgan fingerprint density at radius 1 is 1.44 bits per heavy atom. The summed E-state index contributed by atoms with van der Waals surface area (Å²) in [5, 5.41) is 11.7. The van der Waals surface area contributed by atoms with Crippen molar-refractivity contribution in [2.75, 3.05) is 24.5 Å². The van der Waals surface area contributed by atoms with E-state index in [4.69, 9.17) is 5.11 Å². The quantitative estimate of drug-likeness (QED) is 0.793. The molecule has 2 N–H and O–H groups in total. The highest BCUT2D eigenvalue weighted by Gasteiger charge is 2.16. The van der Waals surface area contributed by atoms with Gasteiger partial charge < -0.3 is 15.3 Å². The molecule has 0 aromatic carbocycles. The zero-order chi connectivity index (χ0) is 13.1. The van der Waals surface area contributed by atoms with Gasteiger partial charge >= 0.3 is 5.97 Å². The van der Waals surface area contributed by atoms with Crippen LogP contribution in [0.3, 0.4) is 0 Å². The lowest BCUT2D eigenvalue weighted by Gasteiger charge is -2.21. The molecule has 1 aromatic rings. The first-order valence-corrected chi connectivity index (χ1v) is 5.80. The van der Waals surface area contributed by atoms with Gasteiger partial charge in [-0.2, -0.15) is 0 Å². The van der Waals surface area contributed by atoms with E-state index >= 15 is 0 Å². The van der Waals surface area contributed by atoms with Crippen LogP contribution in [0.2, 0.25) is 0 Å². The van der Waals surface area contributed by atoms with E-state index in [1.807, 2.05) is 4.90 Å². The molecule has 0 atom stereocenters. The number of anilines is 1. The number of carbonyl (C=O) groups excluding carboxylic acids is 1. The first kappa shape index (κ1) is 12.3. The molecule has 1 aliphatic rings. The summed E-state index contributed by atoms with van der Waals surface area (Å²) >= 11 is 0. The Hall–Kier alpha value is -2.11. The predicted molar refractivity (Wildman–Crippen MR) is 65.8 cm³/mol. The summed E-state index contributed by atoms with van der Waals surface area (Å²) in [7, 11) is 0. The summed E-state index contributed by atoms with van der Waals surface area (Å²) in [5.74, 6) is -0.218.